The monoisotopic (exact) mass is 310 g/mol. The van der Waals surface area contributed by atoms with Crippen molar-refractivity contribution in [1.82, 2.24) is 5.43 Å². The Kier molecular flexibility index (Phi) is 4.60. The first kappa shape index (κ1) is 13.4. The molecule has 0 atom stereocenters. The van der Waals surface area contributed by atoms with Gasteiger partial charge in [0, 0.05) is 4.47 Å². The fourth-order valence-corrected chi connectivity index (χ4v) is 2.53. The molecule has 0 aromatic heterocycles. The van der Waals surface area contributed by atoms with Crippen LogP contribution in [-0.2, 0) is 0 Å². The molecule has 18 heavy (non-hydrogen) atoms. The molecule has 1 fully saturated rings. The molecule has 0 saturated heterocycles. The zero-order valence-electron chi connectivity index (χ0n) is 10.5. The van der Waals surface area contributed by atoms with E-state index in [1.165, 1.54) is 18.4 Å². The highest BCUT2D eigenvalue weighted by atomic mass is 79.9. The van der Waals surface area contributed by atoms with E-state index < -0.39 is 0 Å². The number of nitrogens with zero attached hydrogens (tertiary/aromatic N) is 1. The number of benzene rings is 1. The molecule has 0 unspecified atom stereocenters. The third kappa shape index (κ3) is 3.46. The smallest absolute Gasteiger partial charge is 0.210 e. The molecule has 4 nitrogen and oxygen atoms in total. The van der Waals surface area contributed by atoms with E-state index in [1.807, 2.05) is 6.07 Å². The van der Waals surface area contributed by atoms with Gasteiger partial charge in [0.2, 0.25) is 5.96 Å². The SMILES string of the molecule is Cc1ccc(Br)c(NC(=NC2CCCC2)NN)c1. The van der Waals surface area contributed by atoms with Crippen LogP contribution in [0.5, 0.6) is 0 Å². The lowest BCUT2D eigenvalue weighted by Crippen LogP contribution is -2.37. The maximum absolute atomic E-state index is 5.53. The number of rotatable bonds is 2. The Bertz CT molecular complexity index is 439. The van der Waals surface area contributed by atoms with Crippen molar-refractivity contribution in [2.75, 3.05) is 5.32 Å². The van der Waals surface area contributed by atoms with Crippen LogP contribution in [0.1, 0.15) is 31.2 Å². The van der Waals surface area contributed by atoms with Crippen LogP contribution in [0.25, 0.3) is 0 Å². The Morgan fingerprint density at radius 2 is 2.11 bits per heavy atom. The molecule has 0 radical (unpaired) electrons. The van der Waals surface area contributed by atoms with Gasteiger partial charge >= 0.3 is 0 Å². The van der Waals surface area contributed by atoms with E-state index >= 15 is 0 Å². The van der Waals surface area contributed by atoms with E-state index in [9.17, 15) is 0 Å². The Morgan fingerprint density at radius 3 is 2.78 bits per heavy atom. The van der Waals surface area contributed by atoms with Crippen molar-refractivity contribution in [3.05, 3.63) is 28.2 Å². The van der Waals surface area contributed by atoms with E-state index in [2.05, 4.69) is 50.7 Å². The predicted molar refractivity (Wildman–Crippen MR) is 79.5 cm³/mol. The highest BCUT2D eigenvalue weighted by Crippen LogP contribution is 2.24. The first-order chi connectivity index (χ1) is 8.69. The van der Waals surface area contributed by atoms with Gasteiger partial charge in [-0.25, -0.2) is 10.8 Å². The summed E-state index contributed by atoms with van der Waals surface area (Å²) in [6.45, 7) is 2.06. The second-order valence-electron chi connectivity index (χ2n) is 4.67. The summed E-state index contributed by atoms with van der Waals surface area (Å²) in [4.78, 5) is 4.61. The Labute approximate surface area is 116 Å². The standard InChI is InChI=1S/C13H19BrN4/c1-9-6-7-11(14)12(8-9)17-13(18-15)16-10-4-2-3-5-10/h6-8,10H,2-5,15H2,1H3,(H2,16,17,18). The van der Waals surface area contributed by atoms with Gasteiger partial charge in [-0.3, -0.25) is 5.43 Å². The lowest BCUT2D eigenvalue weighted by molar-refractivity contribution is 0.700. The minimum absolute atomic E-state index is 0.395. The fraction of sp³-hybridized carbons (Fsp3) is 0.462. The molecule has 4 N–H and O–H groups in total. The summed E-state index contributed by atoms with van der Waals surface area (Å²) in [7, 11) is 0. The summed E-state index contributed by atoms with van der Waals surface area (Å²) in [6, 6.07) is 6.53. The summed E-state index contributed by atoms with van der Waals surface area (Å²) in [5.74, 6) is 6.16. The number of hydrazine groups is 1. The summed E-state index contributed by atoms with van der Waals surface area (Å²) < 4.78 is 1.00. The molecule has 1 aliphatic rings. The molecular weight excluding hydrogens is 292 g/mol. The van der Waals surface area contributed by atoms with Gasteiger partial charge < -0.3 is 5.32 Å². The number of hydrogen-bond acceptors (Lipinski definition) is 2. The van der Waals surface area contributed by atoms with E-state index in [0.717, 1.165) is 23.0 Å². The molecule has 0 aliphatic heterocycles. The zero-order valence-corrected chi connectivity index (χ0v) is 12.1. The molecule has 0 heterocycles. The lowest BCUT2D eigenvalue weighted by atomic mass is 10.2. The van der Waals surface area contributed by atoms with Crippen LogP contribution in [0.3, 0.4) is 0 Å². The molecule has 0 amide bonds. The van der Waals surface area contributed by atoms with Gasteiger partial charge in [0.15, 0.2) is 0 Å². The van der Waals surface area contributed by atoms with Crippen molar-refractivity contribution in [2.24, 2.45) is 10.8 Å². The van der Waals surface area contributed by atoms with Crippen LogP contribution in [0.15, 0.2) is 27.7 Å². The molecule has 98 valence electrons. The second-order valence-corrected chi connectivity index (χ2v) is 5.52. The average molecular weight is 311 g/mol. The predicted octanol–water partition coefficient (Wildman–Crippen LogP) is 2.93. The van der Waals surface area contributed by atoms with Gasteiger partial charge in [0.25, 0.3) is 0 Å². The molecule has 0 spiro atoms. The minimum Gasteiger partial charge on any atom is -0.324 e. The van der Waals surface area contributed by atoms with Gasteiger partial charge in [-0.05, 0) is 53.4 Å². The van der Waals surface area contributed by atoms with Crippen LogP contribution in [0.4, 0.5) is 5.69 Å². The zero-order chi connectivity index (χ0) is 13.0. The average Bonchev–Trinajstić information content (AvgIpc) is 2.85. The van der Waals surface area contributed by atoms with E-state index in [0.29, 0.717) is 12.0 Å². The van der Waals surface area contributed by atoms with Crippen molar-refractivity contribution in [2.45, 2.75) is 38.6 Å². The third-order valence-electron chi connectivity index (χ3n) is 3.15. The highest BCUT2D eigenvalue weighted by Gasteiger charge is 2.14. The van der Waals surface area contributed by atoms with Crippen molar-refractivity contribution in [1.29, 1.82) is 0 Å². The van der Waals surface area contributed by atoms with Crippen LogP contribution >= 0.6 is 15.9 Å². The summed E-state index contributed by atoms with van der Waals surface area (Å²) in [5.41, 5.74) is 4.81. The highest BCUT2D eigenvalue weighted by molar-refractivity contribution is 9.10. The molecule has 1 aliphatic carbocycles. The maximum atomic E-state index is 5.53. The van der Waals surface area contributed by atoms with Crippen molar-refractivity contribution in [3.63, 3.8) is 0 Å². The van der Waals surface area contributed by atoms with Gasteiger partial charge in [0.1, 0.15) is 0 Å². The largest absolute Gasteiger partial charge is 0.324 e. The number of aliphatic imine (C=N–C) groups is 1. The topological polar surface area (TPSA) is 62.4 Å². The van der Waals surface area contributed by atoms with E-state index in [-0.39, 0.29) is 0 Å². The molecule has 1 saturated carbocycles. The summed E-state index contributed by atoms with van der Waals surface area (Å²) in [6.07, 6.45) is 4.84. The number of halogens is 1. The van der Waals surface area contributed by atoms with Gasteiger partial charge in [0.05, 0.1) is 11.7 Å². The number of nitrogens with two attached hydrogens (primary N) is 1. The molecule has 1 aromatic rings. The number of aryl methyl sites for hydroxylation is 1. The van der Waals surface area contributed by atoms with Gasteiger partial charge in [-0.1, -0.05) is 18.9 Å². The summed E-state index contributed by atoms with van der Waals surface area (Å²) >= 11 is 3.51. The molecule has 5 heteroatoms. The molecule has 2 rings (SSSR count). The first-order valence-corrected chi connectivity index (χ1v) is 7.06. The lowest BCUT2D eigenvalue weighted by Gasteiger charge is -2.13. The molecule has 0 bridgehead atoms. The first-order valence-electron chi connectivity index (χ1n) is 6.26. The van der Waals surface area contributed by atoms with Crippen molar-refractivity contribution in [3.8, 4) is 0 Å². The fourth-order valence-electron chi connectivity index (χ4n) is 2.18. The van der Waals surface area contributed by atoms with E-state index in [4.69, 9.17) is 5.84 Å². The Balaban J connectivity index is 2.11. The number of nitrogens with one attached hydrogen (secondary N) is 2. The summed E-state index contributed by atoms with van der Waals surface area (Å²) in [5, 5.41) is 3.23. The van der Waals surface area contributed by atoms with Crippen molar-refractivity contribution >= 4 is 27.6 Å². The van der Waals surface area contributed by atoms with Crippen LogP contribution in [-0.4, -0.2) is 12.0 Å². The Hall–Kier alpha value is -1.07. The minimum atomic E-state index is 0.395. The normalized spacial score (nSPS) is 16.9. The number of hydrogen-bond donors (Lipinski definition) is 3. The maximum Gasteiger partial charge on any atom is 0.210 e. The molecule has 1 aromatic carbocycles. The number of anilines is 1. The quantitative estimate of drug-likeness (QED) is 0.341. The molecular formula is C13H19BrN4. The van der Waals surface area contributed by atoms with Gasteiger partial charge in [-0.2, -0.15) is 0 Å². The van der Waals surface area contributed by atoms with Crippen molar-refractivity contribution < 1.29 is 0 Å². The van der Waals surface area contributed by atoms with E-state index in [1.54, 1.807) is 0 Å². The van der Waals surface area contributed by atoms with Crippen LogP contribution in [0.2, 0.25) is 0 Å². The number of guanidine groups is 1. The second kappa shape index (κ2) is 6.20. The third-order valence-corrected chi connectivity index (χ3v) is 3.84. The Morgan fingerprint density at radius 1 is 1.39 bits per heavy atom. The van der Waals surface area contributed by atoms with Crippen LogP contribution < -0.4 is 16.6 Å². The van der Waals surface area contributed by atoms with Gasteiger partial charge in [-0.15, -0.1) is 0 Å². The van der Waals surface area contributed by atoms with Crippen LogP contribution in [0, 0.1) is 6.92 Å².